The average Bonchev–Trinajstić information content (AvgIpc) is 2.03. The summed E-state index contributed by atoms with van der Waals surface area (Å²) in [6.07, 6.45) is 0.391. The molecular weight excluding hydrogens is 144 g/mol. The molecule has 0 spiro atoms. The van der Waals surface area contributed by atoms with Gasteiger partial charge in [-0.15, -0.1) is 0 Å². The Hall–Kier alpha value is -1.12. The maximum Gasteiger partial charge on any atom is 0.250 e. The van der Waals surface area contributed by atoms with Crippen LogP contribution in [0.4, 0.5) is 0 Å². The molecule has 0 fully saturated rings. The van der Waals surface area contributed by atoms with Gasteiger partial charge in [0.25, 0.3) is 5.91 Å². The van der Waals surface area contributed by atoms with Crippen molar-refractivity contribution in [1.29, 1.82) is 5.26 Å². The Labute approximate surface area is 65.5 Å². The van der Waals surface area contributed by atoms with Gasteiger partial charge in [0.15, 0.2) is 0 Å². The number of nitrogens with zero attached hydrogens (tertiary/aromatic N) is 1. The molecule has 0 saturated heterocycles. The van der Waals surface area contributed by atoms with E-state index < -0.39 is 0 Å². The van der Waals surface area contributed by atoms with Gasteiger partial charge in [0, 0.05) is 13.0 Å². The second-order valence-electron chi connectivity index (χ2n) is 2.09. The summed E-state index contributed by atoms with van der Waals surface area (Å²) in [7, 11) is 0. The predicted octanol–water partition coefficient (Wildman–Crippen LogP) is -1.13. The molecule has 0 aliphatic heterocycles. The first-order valence-corrected chi connectivity index (χ1v) is 3.33. The summed E-state index contributed by atoms with van der Waals surface area (Å²) < 4.78 is 0. The van der Waals surface area contributed by atoms with Crippen LogP contribution < -0.4 is 16.6 Å². The first-order chi connectivity index (χ1) is 5.22. The van der Waals surface area contributed by atoms with Crippen molar-refractivity contribution in [1.82, 2.24) is 10.7 Å². The van der Waals surface area contributed by atoms with Crippen LogP contribution >= 0.6 is 0 Å². The largest absolute Gasteiger partial charge is 0.305 e. The highest BCUT2D eigenvalue weighted by Gasteiger charge is 2.08. The summed E-state index contributed by atoms with van der Waals surface area (Å²) in [6.45, 7) is 2.19. The highest BCUT2D eigenvalue weighted by molar-refractivity contribution is 5.80. The smallest absolute Gasteiger partial charge is 0.250 e. The van der Waals surface area contributed by atoms with Crippen molar-refractivity contribution in [2.45, 2.75) is 19.4 Å². The maximum absolute atomic E-state index is 10.7. The first kappa shape index (κ1) is 9.88. The minimum absolute atomic E-state index is 0.275. The van der Waals surface area contributed by atoms with Crippen LogP contribution in [-0.4, -0.2) is 18.5 Å². The highest BCUT2D eigenvalue weighted by atomic mass is 16.2. The van der Waals surface area contributed by atoms with Crippen molar-refractivity contribution in [2.75, 3.05) is 6.54 Å². The van der Waals surface area contributed by atoms with Gasteiger partial charge in [-0.05, 0) is 6.92 Å². The molecule has 1 amide bonds. The summed E-state index contributed by atoms with van der Waals surface area (Å²) in [6, 6.07) is 1.62. The minimum atomic E-state index is -0.339. The molecule has 11 heavy (non-hydrogen) atoms. The van der Waals surface area contributed by atoms with Gasteiger partial charge in [-0.3, -0.25) is 10.2 Å². The van der Waals surface area contributed by atoms with Crippen LogP contribution in [0.3, 0.4) is 0 Å². The zero-order valence-corrected chi connectivity index (χ0v) is 6.42. The van der Waals surface area contributed by atoms with Crippen molar-refractivity contribution in [3.63, 3.8) is 0 Å². The molecule has 0 aromatic carbocycles. The molecule has 0 saturated carbocycles. The summed E-state index contributed by atoms with van der Waals surface area (Å²) in [5, 5.41) is 11.0. The molecule has 0 aliphatic carbocycles. The van der Waals surface area contributed by atoms with Gasteiger partial charge in [-0.1, -0.05) is 0 Å². The molecule has 62 valence electrons. The lowest BCUT2D eigenvalue weighted by atomic mass is 10.3. The van der Waals surface area contributed by atoms with E-state index in [0.29, 0.717) is 13.0 Å². The van der Waals surface area contributed by atoms with Crippen LogP contribution in [0.5, 0.6) is 0 Å². The van der Waals surface area contributed by atoms with Gasteiger partial charge in [0.05, 0.1) is 12.1 Å². The van der Waals surface area contributed by atoms with Crippen LogP contribution in [0.15, 0.2) is 0 Å². The number of amides is 1. The third kappa shape index (κ3) is 4.31. The van der Waals surface area contributed by atoms with Crippen LogP contribution in [0, 0.1) is 11.3 Å². The molecule has 0 radical (unpaired) electrons. The van der Waals surface area contributed by atoms with Crippen molar-refractivity contribution < 1.29 is 4.79 Å². The van der Waals surface area contributed by atoms with Crippen molar-refractivity contribution in [3.8, 4) is 6.07 Å². The lowest BCUT2D eigenvalue weighted by molar-refractivity contribution is -0.122. The van der Waals surface area contributed by atoms with E-state index in [0.717, 1.165) is 0 Å². The zero-order valence-electron chi connectivity index (χ0n) is 6.42. The van der Waals surface area contributed by atoms with E-state index in [2.05, 4.69) is 5.32 Å². The normalized spacial score (nSPS) is 11.7. The quantitative estimate of drug-likeness (QED) is 0.208. The third-order valence-corrected chi connectivity index (χ3v) is 1.22. The lowest BCUT2D eigenvalue weighted by Crippen LogP contribution is -2.45. The molecule has 0 heterocycles. The van der Waals surface area contributed by atoms with Gasteiger partial charge in [-0.25, -0.2) is 5.84 Å². The number of nitriles is 1. The average molecular weight is 156 g/mol. The number of hydrazine groups is 1. The zero-order chi connectivity index (χ0) is 8.69. The van der Waals surface area contributed by atoms with E-state index in [9.17, 15) is 4.79 Å². The Balaban J connectivity index is 3.45. The Bertz CT molecular complexity index is 162. The molecule has 0 aliphatic rings. The van der Waals surface area contributed by atoms with Gasteiger partial charge >= 0.3 is 0 Å². The second kappa shape index (κ2) is 5.65. The van der Waals surface area contributed by atoms with E-state index in [4.69, 9.17) is 11.1 Å². The third-order valence-electron chi connectivity index (χ3n) is 1.22. The fourth-order valence-electron chi connectivity index (χ4n) is 0.562. The molecule has 0 bridgehead atoms. The summed E-state index contributed by atoms with van der Waals surface area (Å²) >= 11 is 0. The van der Waals surface area contributed by atoms with Gasteiger partial charge in [0.2, 0.25) is 0 Å². The van der Waals surface area contributed by atoms with Crippen molar-refractivity contribution >= 4 is 5.91 Å². The van der Waals surface area contributed by atoms with Gasteiger partial charge in [0.1, 0.15) is 0 Å². The van der Waals surface area contributed by atoms with Crippen LogP contribution in [0.1, 0.15) is 13.3 Å². The molecule has 5 nitrogen and oxygen atoms in total. The molecule has 5 heteroatoms. The molecular formula is C6H12N4O. The SMILES string of the molecule is CC(NCCC#N)C(=O)NN. The molecule has 0 rings (SSSR count). The summed E-state index contributed by atoms with van der Waals surface area (Å²) in [4.78, 5) is 10.7. The summed E-state index contributed by atoms with van der Waals surface area (Å²) in [5.74, 6) is 4.60. The Morgan fingerprint density at radius 2 is 2.45 bits per heavy atom. The van der Waals surface area contributed by atoms with E-state index in [-0.39, 0.29) is 11.9 Å². The van der Waals surface area contributed by atoms with E-state index >= 15 is 0 Å². The maximum atomic E-state index is 10.7. The Kier molecular flexibility index (Phi) is 5.07. The number of carbonyl (C=O) groups excluding carboxylic acids is 1. The number of hydrogen-bond donors (Lipinski definition) is 3. The number of carbonyl (C=O) groups is 1. The predicted molar refractivity (Wildman–Crippen MR) is 40.0 cm³/mol. The van der Waals surface area contributed by atoms with Crippen LogP contribution in [0.25, 0.3) is 0 Å². The standard InChI is InChI=1S/C6H12N4O/c1-5(6(11)10-8)9-4-2-3-7/h5,9H,2,4,8H2,1H3,(H,10,11). The molecule has 1 unspecified atom stereocenters. The summed E-state index contributed by atoms with van der Waals surface area (Å²) in [5.41, 5.74) is 2.01. The molecule has 0 aromatic heterocycles. The monoisotopic (exact) mass is 156 g/mol. The topological polar surface area (TPSA) is 90.9 Å². The van der Waals surface area contributed by atoms with E-state index in [1.807, 2.05) is 11.5 Å². The Morgan fingerprint density at radius 1 is 1.82 bits per heavy atom. The molecule has 1 atom stereocenters. The van der Waals surface area contributed by atoms with E-state index in [1.54, 1.807) is 6.92 Å². The van der Waals surface area contributed by atoms with Crippen LogP contribution in [-0.2, 0) is 4.79 Å². The number of hydrogen-bond acceptors (Lipinski definition) is 4. The van der Waals surface area contributed by atoms with Crippen molar-refractivity contribution in [3.05, 3.63) is 0 Å². The van der Waals surface area contributed by atoms with Crippen LogP contribution in [0.2, 0.25) is 0 Å². The fourth-order valence-corrected chi connectivity index (χ4v) is 0.562. The van der Waals surface area contributed by atoms with E-state index in [1.165, 1.54) is 0 Å². The van der Waals surface area contributed by atoms with Gasteiger partial charge in [-0.2, -0.15) is 5.26 Å². The molecule has 0 aromatic rings. The number of nitrogens with one attached hydrogen (secondary N) is 2. The second-order valence-corrected chi connectivity index (χ2v) is 2.09. The number of nitrogens with two attached hydrogens (primary N) is 1. The lowest BCUT2D eigenvalue weighted by Gasteiger charge is -2.09. The first-order valence-electron chi connectivity index (χ1n) is 3.33. The Morgan fingerprint density at radius 3 is 2.91 bits per heavy atom. The fraction of sp³-hybridized carbons (Fsp3) is 0.667. The highest BCUT2D eigenvalue weighted by Crippen LogP contribution is 1.80. The molecule has 4 N–H and O–H groups in total. The number of rotatable bonds is 4. The van der Waals surface area contributed by atoms with Crippen molar-refractivity contribution in [2.24, 2.45) is 5.84 Å². The minimum Gasteiger partial charge on any atom is -0.305 e. The van der Waals surface area contributed by atoms with Gasteiger partial charge < -0.3 is 5.32 Å².